The molecule has 0 bridgehead atoms. The van der Waals surface area contributed by atoms with Crippen molar-refractivity contribution in [2.45, 2.75) is 13.0 Å². The average Bonchev–Trinajstić information content (AvgIpc) is 2.96. The summed E-state index contributed by atoms with van der Waals surface area (Å²) in [6.45, 7) is 1.32. The third-order valence-corrected chi connectivity index (χ3v) is 3.76. The Hall–Kier alpha value is -2.27. The highest BCUT2D eigenvalue weighted by Gasteiger charge is 2.22. The molecule has 0 N–H and O–H groups in total. The molecule has 1 aliphatic heterocycles. The summed E-state index contributed by atoms with van der Waals surface area (Å²) in [5.74, 6) is -1.17. The van der Waals surface area contributed by atoms with E-state index in [9.17, 15) is 8.78 Å². The summed E-state index contributed by atoms with van der Waals surface area (Å²) in [7, 11) is 4.03. The van der Waals surface area contributed by atoms with Crippen LogP contribution >= 0.6 is 0 Å². The Morgan fingerprint density at radius 2 is 1.78 bits per heavy atom. The third-order valence-electron chi connectivity index (χ3n) is 3.76. The summed E-state index contributed by atoms with van der Waals surface area (Å²) in [5, 5.41) is 5.84. The van der Waals surface area contributed by atoms with Gasteiger partial charge in [0.15, 0.2) is 11.6 Å². The van der Waals surface area contributed by atoms with Crippen molar-refractivity contribution in [2.75, 3.05) is 25.6 Å². The van der Waals surface area contributed by atoms with Gasteiger partial charge in [0, 0.05) is 19.5 Å². The molecule has 120 valence electrons. The standard InChI is InChI=1S/C18H19F2N3/c1-22(2)12-13-5-3-6-14(11-13)17-9-10-23(21-17)18-15(19)7-4-8-16(18)20/h3-8,11H,9-10,12H2,1-2H3. The van der Waals surface area contributed by atoms with E-state index in [1.54, 1.807) is 0 Å². The highest BCUT2D eigenvalue weighted by molar-refractivity contribution is 6.02. The fraction of sp³-hybridized carbons (Fsp3) is 0.278. The van der Waals surface area contributed by atoms with Crippen molar-refractivity contribution in [3.63, 3.8) is 0 Å². The monoisotopic (exact) mass is 315 g/mol. The smallest absolute Gasteiger partial charge is 0.151 e. The number of hydrogen-bond donors (Lipinski definition) is 0. The van der Waals surface area contributed by atoms with Gasteiger partial charge in [0.05, 0.1) is 5.71 Å². The molecule has 2 aromatic rings. The highest BCUT2D eigenvalue weighted by atomic mass is 19.1. The molecular formula is C18H19F2N3. The maximum absolute atomic E-state index is 13.9. The lowest BCUT2D eigenvalue weighted by Gasteiger charge is -2.14. The predicted octanol–water partition coefficient (Wildman–Crippen LogP) is 3.64. The van der Waals surface area contributed by atoms with Crippen molar-refractivity contribution in [2.24, 2.45) is 5.10 Å². The van der Waals surface area contributed by atoms with E-state index in [2.05, 4.69) is 22.1 Å². The molecule has 0 unspecified atom stereocenters. The molecule has 0 saturated heterocycles. The second kappa shape index (κ2) is 6.46. The Bertz CT molecular complexity index is 721. The van der Waals surface area contributed by atoms with Gasteiger partial charge in [-0.25, -0.2) is 8.78 Å². The highest BCUT2D eigenvalue weighted by Crippen LogP contribution is 2.27. The third kappa shape index (κ3) is 3.40. The van der Waals surface area contributed by atoms with E-state index in [-0.39, 0.29) is 5.69 Å². The quantitative estimate of drug-likeness (QED) is 0.858. The molecule has 1 aliphatic rings. The second-order valence-corrected chi connectivity index (χ2v) is 5.93. The Morgan fingerprint density at radius 3 is 2.48 bits per heavy atom. The Kier molecular flexibility index (Phi) is 4.39. The SMILES string of the molecule is CN(C)Cc1cccc(C2=NN(c3c(F)cccc3F)CC2)c1. The fourth-order valence-electron chi connectivity index (χ4n) is 2.77. The van der Waals surface area contributed by atoms with E-state index in [1.165, 1.54) is 28.8 Å². The van der Waals surface area contributed by atoms with Gasteiger partial charge >= 0.3 is 0 Å². The predicted molar refractivity (Wildman–Crippen MR) is 88.7 cm³/mol. The molecule has 3 nitrogen and oxygen atoms in total. The molecule has 0 fully saturated rings. The van der Waals surface area contributed by atoms with Crippen LogP contribution in [0.2, 0.25) is 0 Å². The van der Waals surface area contributed by atoms with Crippen molar-refractivity contribution < 1.29 is 8.78 Å². The molecule has 0 aromatic heterocycles. The number of anilines is 1. The van der Waals surface area contributed by atoms with Crippen molar-refractivity contribution in [1.82, 2.24) is 4.90 Å². The molecule has 0 aliphatic carbocycles. The minimum atomic E-state index is -0.587. The van der Waals surface area contributed by atoms with E-state index < -0.39 is 11.6 Å². The molecule has 23 heavy (non-hydrogen) atoms. The lowest BCUT2D eigenvalue weighted by Crippen LogP contribution is -2.15. The van der Waals surface area contributed by atoms with Crippen LogP contribution in [0.5, 0.6) is 0 Å². The molecular weight excluding hydrogens is 296 g/mol. The van der Waals surface area contributed by atoms with Crippen LogP contribution in [-0.4, -0.2) is 31.3 Å². The van der Waals surface area contributed by atoms with Crippen LogP contribution in [0.3, 0.4) is 0 Å². The summed E-state index contributed by atoms with van der Waals surface area (Å²) in [6, 6.07) is 12.0. The number of nitrogens with zero attached hydrogens (tertiary/aromatic N) is 3. The lowest BCUT2D eigenvalue weighted by atomic mass is 10.0. The van der Waals surface area contributed by atoms with Gasteiger partial charge in [-0.3, -0.25) is 5.01 Å². The van der Waals surface area contributed by atoms with Gasteiger partial charge in [-0.2, -0.15) is 5.10 Å². The van der Waals surface area contributed by atoms with Crippen LogP contribution in [0, 0.1) is 11.6 Å². The molecule has 0 atom stereocenters. The van der Waals surface area contributed by atoms with Crippen LogP contribution < -0.4 is 5.01 Å². The zero-order valence-corrected chi connectivity index (χ0v) is 13.3. The minimum absolute atomic E-state index is 0.0769. The molecule has 3 rings (SSSR count). The van der Waals surface area contributed by atoms with Crippen LogP contribution in [0.4, 0.5) is 14.5 Å². The van der Waals surface area contributed by atoms with Gasteiger partial charge in [0.25, 0.3) is 0 Å². The van der Waals surface area contributed by atoms with Crippen molar-refractivity contribution >= 4 is 11.4 Å². The van der Waals surface area contributed by atoms with Gasteiger partial charge < -0.3 is 4.90 Å². The van der Waals surface area contributed by atoms with E-state index in [0.29, 0.717) is 13.0 Å². The lowest BCUT2D eigenvalue weighted by molar-refractivity contribution is 0.402. The zero-order valence-electron chi connectivity index (χ0n) is 13.3. The van der Waals surface area contributed by atoms with Crippen molar-refractivity contribution in [3.05, 3.63) is 65.2 Å². The summed E-state index contributed by atoms with van der Waals surface area (Å²) in [6.07, 6.45) is 0.666. The van der Waals surface area contributed by atoms with Gasteiger partial charge in [-0.15, -0.1) is 0 Å². The first-order valence-electron chi connectivity index (χ1n) is 7.57. The first kappa shape index (κ1) is 15.6. The Labute approximate surface area is 134 Å². The van der Waals surface area contributed by atoms with Crippen LogP contribution in [0.25, 0.3) is 0 Å². The normalized spacial score (nSPS) is 14.5. The maximum atomic E-state index is 13.9. The Morgan fingerprint density at radius 1 is 1.09 bits per heavy atom. The molecule has 2 aromatic carbocycles. The van der Waals surface area contributed by atoms with E-state index >= 15 is 0 Å². The number of hydrazone groups is 1. The number of rotatable bonds is 4. The minimum Gasteiger partial charge on any atom is -0.305 e. The van der Waals surface area contributed by atoms with Gasteiger partial charge in [-0.05, 0) is 43.4 Å². The fourth-order valence-corrected chi connectivity index (χ4v) is 2.77. The van der Waals surface area contributed by atoms with Gasteiger partial charge in [0.2, 0.25) is 0 Å². The first-order valence-corrected chi connectivity index (χ1v) is 7.57. The van der Waals surface area contributed by atoms with E-state index in [0.717, 1.165) is 17.8 Å². The summed E-state index contributed by atoms with van der Waals surface area (Å²) in [4.78, 5) is 2.09. The summed E-state index contributed by atoms with van der Waals surface area (Å²) >= 11 is 0. The van der Waals surface area contributed by atoms with Gasteiger partial charge in [-0.1, -0.05) is 24.3 Å². The summed E-state index contributed by atoms with van der Waals surface area (Å²) < 4.78 is 27.8. The van der Waals surface area contributed by atoms with E-state index in [1.807, 2.05) is 26.2 Å². The van der Waals surface area contributed by atoms with Crippen LogP contribution in [0.1, 0.15) is 17.5 Å². The van der Waals surface area contributed by atoms with Gasteiger partial charge in [0.1, 0.15) is 5.69 Å². The largest absolute Gasteiger partial charge is 0.305 e. The van der Waals surface area contributed by atoms with Crippen LogP contribution in [0.15, 0.2) is 47.6 Å². The zero-order chi connectivity index (χ0) is 16.4. The molecule has 0 saturated carbocycles. The Balaban J connectivity index is 1.88. The molecule has 5 heteroatoms. The number of halogens is 2. The number of hydrogen-bond acceptors (Lipinski definition) is 3. The number of benzene rings is 2. The molecule has 0 radical (unpaired) electrons. The topological polar surface area (TPSA) is 18.8 Å². The molecule has 0 spiro atoms. The number of para-hydroxylation sites is 1. The van der Waals surface area contributed by atoms with Crippen molar-refractivity contribution in [3.8, 4) is 0 Å². The van der Waals surface area contributed by atoms with E-state index in [4.69, 9.17) is 0 Å². The second-order valence-electron chi connectivity index (χ2n) is 5.93. The maximum Gasteiger partial charge on any atom is 0.151 e. The summed E-state index contributed by atoms with van der Waals surface area (Å²) in [5.41, 5.74) is 2.97. The average molecular weight is 315 g/mol. The first-order chi connectivity index (χ1) is 11.0. The van der Waals surface area contributed by atoms with Crippen LogP contribution in [-0.2, 0) is 6.54 Å². The molecule has 0 amide bonds. The van der Waals surface area contributed by atoms with Crippen molar-refractivity contribution in [1.29, 1.82) is 0 Å². The molecule has 1 heterocycles.